The van der Waals surface area contributed by atoms with Crippen LogP contribution in [-0.2, 0) is 0 Å². The molecule has 1 aromatic rings. The van der Waals surface area contributed by atoms with E-state index in [1.165, 1.54) is 12.3 Å². The molecule has 1 aromatic heterocycles. The van der Waals surface area contributed by atoms with Crippen molar-refractivity contribution in [1.29, 1.82) is 5.26 Å². The minimum absolute atomic E-state index is 0.0410. The van der Waals surface area contributed by atoms with Crippen LogP contribution in [0.25, 0.3) is 0 Å². The molecule has 1 unspecified atom stereocenters. The molecule has 0 fully saturated rings. The van der Waals surface area contributed by atoms with Gasteiger partial charge < -0.3 is 10.0 Å². The first kappa shape index (κ1) is 13.3. The van der Waals surface area contributed by atoms with Gasteiger partial charge in [-0.3, -0.25) is 0 Å². The van der Waals surface area contributed by atoms with Gasteiger partial charge in [0.1, 0.15) is 5.82 Å². The maximum Gasteiger partial charge on any atom is 0.337 e. The van der Waals surface area contributed by atoms with Crippen LogP contribution in [0.1, 0.15) is 23.7 Å². The second-order valence-electron chi connectivity index (χ2n) is 3.66. The Morgan fingerprint density at radius 1 is 1.76 bits per heavy atom. The lowest BCUT2D eigenvalue weighted by Gasteiger charge is -2.24. The highest BCUT2D eigenvalue weighted by molar-refractivity contribution is 6.33. The van der Waals surface area contributed by atoms with E-state index in [1.807, 2.05) is 6.92 Å². The monoisotopic (exact) mass is 253 g/mol. The average molecular weight is 254 g/mol. The van der Waals surface area contributed by atoms with Crippen LogP contribution in [0.5, 0.6) is 0 Å². The summed E-state index contributed by atoms with van der Waals surface area (Å²) in [5.41, 5.74) is 0.0417. The molecule has 0 spiro atoms. The number of rotatable bonds is 4. The van der Waals surface area contributed by atoms with Crippen LogP contribution >= 0.6 is 11.6 Å². The van der Waals surface area contributed by atoms with Crippen molar-refractivity contribution in [1.82, 2.24) is 4.98 Å². The lowest BCUT2D eigenvalue weighted by molar-refractivity contribution is 0.0696. The van der Waals surface area contributed by atoms with Gasteiger partial charge in [-0.2, -0.15) is 5.26 Å². The zero-order chi connectivity index (χ0) is 13.0. The molecule has 0 aliphatic rings. The maximum absolute atomic E-state index is 10.7. The SMILES string of the molecule is CC(CC#N)N(C)c1ncc(C(=O)O)cc1Cl. The lowest BCUT2D eigenvalue weighted by atomic mass is 10.2. The number of carbonyl (C=O) groups is 1. The van der Waals surface area contributed by atoms with Gasteiger partial charge in [0.2, 0.25) is 0 Å². The molecule has 0 saturated heterocycles. The maximum atomic E-state index is 10.7. The standard InChI is InChI=1S/C11H12ClN3O2/c1-7(3-4-13)15(2)10-9(12)5-8(6-14-10)11(16)17/h5-7H,3H2,1-2H3,(H,16,17). The summed E-state index contributed by atoms with van der Waals surface area (Å²) in [5.74, 6) is -0.599. The van der Waals surface area contributed by atoms with Crippen LogP contribution in [0, 0.1) is 11.3 Å². The number of carboxylic acids is 1. The van der Waals surface area contributed by atoms with Crippen LogP contribution in [0.2, 0.25) is 5.02 Å². The summed E-state index contributed by atoms with van der Waals surface area (Å²) < 4.78 is 0. The number of aromatic carboxylic acids is 1. The Balaban J connectivity index is 3.00. The Kier molecular flexibility index (Phi) is 4.30. The fourth-order valence-corrected chi connectivity index (χ4v) is 1.58. The molecule has 17 heavy (non-hydrogen) atoms. The molecule has 0 bridgehead atoms. The van der Waals surface area contributed by atoms with Gasteiger partial charge in [0.05, 0.1) is 23.1 Å². The zero-order valence-corrected chi connectivity index (χ0v) is 10.3. The van der Waals surface area contributed by atoms with Gasteiger partial charge in [-0.25, -0.2) is 9.78 Å². The van der Waals surface area contributed by atoms with E-state index in [-0.39, 0.29) is 16.6 Å². The van der Waals surface area contributed by atoms with E-state index < -0.39 is 5.97 Å². The van der Waals surface area contributed by atoms with Crippen molar-refractivity contribution in [3.05, 3.63) is 22.8 Å². The Bertz CT molecular complexity index is 470. The summed E-state index contributed by atoms with van der Waals surface area (Å²) in [7, 11) is 1.76. The van der Waals surface area contributed by atoms with Crippen LogP contribution in [0.3, 0.4) is 0 Å². The van der Waals surface area contributed by atoms with E-state index in [1.54, 1.807) is 11.9 Å². The second-order valence-corrected chi connectivity index (χ2v) is 4.06. The Morgan fingerprint density at radius 3 is 2.88 bits per heavy atom. The van der Waals surface area contributed by atoms with Crippen molar-refractivity contribution < 1.29 is 9.90 Å². The molecule has 1 heterocycles. The summed E-state index contributed by atoms with van der Waals surface area (Å²) in [5, 5.41) is 17.6. The molecule has 0 aromatic carbocycles. The number of aromatic nitrogens is 1. The van der Waals surface area contributed by atoms with Crippen LogP contribution in [0.15, 0.2) is 12.3 Å². The fraction of sp³-hybridized carbons (Fsp3) is 0.364. The first-order chi connectivity index (χ1) is 7.97. The largest absolute Gasteiger partial charge is 0.478 e. The predicted molar refractivity (Wildman–Crippen MR) is 64.3 cm³/mol. The summed E-state index contributed by atoms with van der Waals surface area (Å²) in [6, 6.07) is 3.37. The quantitative estimate of drug-likeness (QED) is 0.890. The smallest absolute Gasteiger partial charge is 0.337 e. The van der Waals surface area contributed by atoms with E-state index in [9.17, 15) is 4.79 Å². The molecule has 1 atom stereocenters. The first-order valence-corrected chi connectivity index (χ1v) is 5.33. The Labute approximate surface area is 104 Å². The number of anilines is 1. The Morgan fingerprint density at radius 2 is 2.41 bits per heavy atom. The zero-order valence-electron chi connectivity index (χ0n) is 9.51. The average Bonchev–Trinajstić information content (AvgIpc) is 2.28. The van der Waals surface area contributed by atoms with Crippen molar-refractivity contribution >= 4 is 23.4 Å². The van der Waals surface area contributed by atoms with Crippen molar-refractivity contribution in [3.63, 3.8) is 0 Å². The van der Waals surface area contributed by atoms with Gasteiger partial charge in [0.15, 0.2) is 0 Å². The highest BCUT2D eigenvalue weighted by Crippen LogP contribution is 2.25. The Hall–Kier alpha value is -1.80. The molecule has 0 amide bonds. The molecule has 0 radical (unpaired) electrons. The topological polar surface area (TPSA) is 77.2 Å². The number of hydrogen-bond acceptors (Lipinski definition) is 4. The van der Waals surface area contributed by atoms with Crippen LogP contribution in [-0.4, -0.2) is 29.1 Å². The third-order valence-corrected chi connectivity index (χ3v) is 2.73. The number of nitriles is 1. The molecular formula is C11H12ClN3O2. The first-order valence-electron chi connectivity index (χ1n) is 4.96. The fourth-order valence-electron chi connectivity index (χ4n) is 1.28. The number of hydrogen-bond donors (Lipinski definition) is 1. The molecular weight excluding hydrogens is 242 g/mol. The summed E-state index contributed by atoms with van der Waals surface area (Å²) in [6.07, 6.45) is 1.59. The minimum Gasteiger partial charge on any atom is -0.478 e. The predicted octanol–water partition coefficient (Wildman–Crippen LogP) is 2.17. The molecule has 6 heteroatoms. The summed E-state index contributed by atoms with van der Waals surface area (Å²) in [6.45, 7) is 1.87. The lowest BCUT2D eigenvalue weighted by Crippen LogP contribution is -2.29. The van der Waals surface area contributed by atoms with Gasteiger partial charge in [0, 0.05) is 19.3 Å². The van der Waals surface area contributed by atoms with E-state index >= 15 is 0 Å². The third-order valence-electron chi connectivity index (χ3n) is 2.45. The third kappa shape index (κ3) is 3.08. The molecule has 5 nitrogen and oxygen atoms in total. The highest BCUT2D eigenvalue weighted by Gasteiger charge is 2.15. The number of halogens is 1. The van der Waals surface area contributed by atoms with E-state index in [4.69, 9.17) is 22.0 Å². The van der Waals surface area contributed by atoms with E-state index in [2.05, 4.69) is 11.1 Å². The van der Waals surface area contributed by atoms with Gasteiger partial charge in [0.25, 0.3) is 0 Å². The summed E-state index contributed by atoms with van der Waals surface area (Å²) >= 11 is 5.96. The second kappa shape index (κ2) is 5.51. The van der Waals surface area contributed by atoms with Crippen LogP contribution in [0.4, 0.5) is 5.82 Å². The molecule has 90 valence electrons. The molecule has 1 N–H and O–H groups in total. The van der Waals surface area contributed by atoms with Crippen molar-refractivity contribution in [2.75, 3.05) is 11.9 Å². The minimum atomic E-state index is -1.07. The highest BCUT2D eigenvalue weighted by atomic mass is 35.5. The number of carboxylic acid groups (broad SMARTS) is 1. The van der Waals surface area contributed by atoms with Gasteiger partial charge in [-0.05, 0) is 13.0 Å². The molecule has 0 saturated carbocycles. The summed E-state index contributed by atoms with van der Waals surface area (Å²) in [4.78, 5) is 16.5. The van der Waals surface area contributed by atoms with Gasteiger partial charge in [-0.1, -0.05) is 11.6 Å². The van der Waals surface area contributed by atoms with Gasteiger partial charge in [-0.15, -0.1) is 0 Å². The van der Waals surface area contributed by atoms with Crippen molar-refractivity contribution in [3.8, 4) is 6.07 Å². The number of pyridine rings is 1. The van der Waals surface area contributed by atoms with Crippen molar-refractivity contribution in [2.45, 2.75) is 19.4 Å². The molecule has 0 aliphatic heterocycles. The van der Waals surface area contributed by atoms with Crippen molar-refractivity contribution in [2.24, 2.45) is 0 Å². The number of nitrogens with zero attached hydrogens (tertiary/aromatic N) is 3. The molecule has 0 aliphatic carbocycles. The van der Waals surface area contributed by atoms with Crippen LogP contribution < -0.4 is 4.90 Å². The normalized spacial score (nSPS) is 11.6. The molecule has 1 rings (SSSR count). The van der Waals surface area contributed by atoms with E-state index in [0.29, 0.717) is 12.2 Å². The van der Waals surface area contributed by atoms with E-state index in [0.717, 1.165) is 0 Å². The van der Waals surface area contributed by atoms with Gasteiger partial charge >= 0.3 is 5.97 Å².